The van der Waals surface area contributed by atoms with E-state index in [1.165, 1.54) is 12.4 Å². The molecular weight excluding hydrogens is 244 g/mol. The van der Waals surface area contributed by atoms with Crippen molar-refractivity contribution in [2.75, 3.05) is 19.7 Å². The number of aromatic nitrogens is 1. The lowest BCUT2D eigenvalue weighted by Crippen LogP contribution is -2.41. The van der Waals surface area contributed by atoms with Crippen molar-refractivity contribution in [2.24, 2.45) is 5.92 Å². The number of ether oxygens (including phenoxy) is 1. The van der Waals surface area contributed by atoms with Crippen LogP contribution in [0.3, 0.4) is 0 Å². The van der Waals surface area contributed by atoms with Gasteiger partial charge in [-0.2, -0.15) is 0 Å². The Hall–Kier alpha value is -1.91. The normalized spacial score (nSPS) is 19.0. The molecule has 0 aliphatic carbocycles. The zero-order valence-electron chi connectivity index (χ0n) is 11.0. The van der Waals surface area contributed by atoms with Gasteiger partial charge >= 0.3 is 5.97 Å². The second-order valence-electron chi connectivity index (χ2n) is 4.90. The lowest BCUT2D eigenvalue weighted by Gasteiger charge is -2.30. The fourth-order valence-electron chi connectivity index (χ4n) is 2.21. The molecule has 0 aromatic carbocycles. The molecule has 2 heterocycles. The Morgan fingerprint density at radius 3 is 2.84 bits per heavy atom. The second kappa shape index (κ2) is 6.31. The summed E-state index contributed by atoms with van der Waals surface area (Å²) < 4.78 is 5.02. The summed E-state index contributed by atoms with van der Waals surface area (Å²) in [6, 6.07) is 3.13. The highest BCUT2D eigenvalue weighted by molar-refractivity contribution is 5.91. The smallest absolute Gasteiger partial charge is 0.338 e. The summed E-state index contributed by atoms with van der Waals surface area (Å²) in [6.07, 6.45) is 5.21. The Labute approximate surface area is 112 Å². The molecule has 1 aromatic rings. The maximum absolute atomic E-state index is 11.9. The van der Waals surface area contributed by atoms with Gasteiger partial charge in [-0.1, -0.05) is 6.92 Å². The lowest BCUT2D eigenvalue weighted by atomic mass is 10.0. The van der Waals surface area contributed by atoms with Crippen LogP contribution >= 0.6 is 0 Å². The molecular formula is C14H18N2O3. The van der Waals surface area contributed by atoms with Gasteiger partial charge in [0.2, 0.25) is 0 Å². The minimum absolute atomic E-state index is 0.117. The third-order valence-corrected chi connectivity index (χ3v) is 3.25. The quantitative estimate of drug-likeness (QED) is 0.774. The number of rotatable bonds is 3. The fraction of sp³-hybridized carbons (Fsp3) is 0.500. The van der Waals surface area contributed by atoms with Crippen molar-refractivity contribution in [3.63, 3.8) is 0 Å². The van der Waals surface area contributed by atoms with Crippen LogP contribution in [0.5, 0.6) is 0 Å². The van der Waals surface area contributed by atoms with Crippen molar-refractivity contribution in [1.82, 2.24) is 9.88 Å². The second-order valence-corrected chi connectivity index (χ2v) is 4.90. The number of carbonyl (C=O) groups excluding carboxylic acids is 2. The summed E-state index contributed by atoms with van der Waals surface area (Å²) >= 11 is 0. The molecule has 0 radical (unpaired) electrons. The number of carbonyl (C=O) groups is 2. The van der Waals surface area contributed by atoms with Crippen molar-refractivity contribution >= 4 is 11.9 Å². The zero-order valence-corrected chi connectivity index (χ0v) is 11.0. The molecule has 1 atom stereocenters. The number of amides is 1. The van der Waals surface area contributed by atoms with E-state index in [4.69, 9.17) is 4.74 Å². The summed E-state index contributed by atoms with van der Waals surface area (Å²) in [6.45, 7) is 3.46. The molecule has 0 spiro atoms. The highest BCUT2D eigenvalue weighted by Crippen LogP contribution is 2.15. The fourth-order valence-corrected chi connectivity index (χ4v) is 2.21. The van der Waals surface area contributed by atoms with Gasteiger partial charge in [-0.25, -0.2) is 4.79 Å². The van der Waals surface area contributed by atoms with Crippen LogP contribution in [0.2, 0.25) is 0 Å². The number of piperidine rings is 1. The predicted octanol–water partition coefficient (Wildman–Crippen LogP) is 1.50. The van der Waals surface area contributed by atoms with Gasteiger partial charge in [0.1, 0.15) is 0 Å². The van der Waals surface area contributed by atoms with Crippen LogP contribution in [0.4, 0.5) is 0 Å². The molecule has 19 heavy (non-hydrogen) atoms. The number of esters is 1. The molecule has 1 amide bonds. The van der Waals surface area contributed by atoms with Crippen molar-refractivity contribution < 1.29 is 14.3 Å². The molecule has 5 heteroatoms. The van der Waals surface area contributed by atoms with Crippen LogP contribution in [0.15, 0.2) is 24.5 Å². The van der Waals surface area contributed by atoms with Gasteiger partial charge in [-0.05, 0) is 30.9 Å². The molecule has 1 aliphatic rings. The highest BCUT2D eigenvalue weighted by atomic mass is 16.5. The topological polar surface area (TPSA) is 59.5 Å². The summed E-state index contributed by atoms with van der Waals surface area (Å²) in [5.74, 6) is -0.0802. The first kappa shape index (κ1) is 13.5. The van der Waals surface area contributed by atoms with E-state index in [-0.39, 0.29) is 12.5 Å². The largest absolute Gasteiger partial charge is 0.452 e. The number of pyridine rings is 1. The van der Waals surface area contributed by atoms with E-state index in [2.05, 4.69) is 11.9 Å². The van der Waals surface area contributed by atoms with Crippen LogP contribution in [-0.2, 0) is 9.53 Å². The third kappa shape index (κ3) is 3.77. The van der Waals surface area contributed by atoms with Gasteiger partial charge in [0.15, 0.2) is 6.61 Å². The Morgan fingerprint density at radius 2 is 2.16 bits per heavy atom. The summed E-state index contributed by atoms with van der Waals surface area (Å²) in [4.78, 5) is 29.2. The SMILES string of the molecule is CC1CCCN(C(=O)COC(=O)c2ccncc2)C1. The Kier molecular flexibility index (Phi) is 4.49. The minimum Gasteiger partial charge on any atom is -0.452 e. The lowest BCUT2D eigenvalue weighted by molar-refractivity contribution is -0.136. The molecule has 1 aliphatic heterocycles. The van der Waals surface area contributed by atoms with Gasteiger partial charge in [0, 0.05) is 25.5 Å². The Balaban J connectivity index is 1.82. The number of likely N-dealkylation sites (tertiary alicyclic amines) is 1. The first-order valence-corrected chi connectivity index (χ1v) is 6.51. The first-order chi connectivity index (χ1) is 9.16. The van der Waals surface area contributed by atoms with E-state index >= 15 is 0 Å². The average molecular weight is 262 g/mol. The Bertz CT molecular complexity index is 447. The molecule has 2 rings (SSSR count). The van der Waals surface area contributed by atoms with Crippen molar-refractivity contribution in [3.8, 4) is 0 Å². The van der Waals surface area contributed by atoms with E-state index < -0.39 is 5.97 Å². The van der Waals surface area contributed by atoms with Crippen LogP contribution in [0.1, 0.15) is 30.1 Å². The first-order valence-electron chi connectivity index (χ1n) is 6.51. The van der Waals surface area contributed by atoms with Gasteiger partial charge in [-0.3, -0.25) is 9.78 Å². The molecule has 0 bridgehead atoms. The third-order valence-electron chi connectivity index (χ3n) is 3.25. The monoisotopic (exact) mass is 262 g/mol. The van der Waals surface area contributed by atoms with Crippen molar-refractivity contribution in [3.05, 3.63) is 30.1 Å². The van der Waals surface area contributed by atoms with Crippen molar-refractivity contribution in [2.45, 2.75) is 19.8 Å². The molecule has 1 aromatic heterocycles. The minimum atomic E-state index is -0.485. The molecule has 5 nitrogen and oxygen atoms in total. The number of nitrogens with zero attached hydrogens (tertiary/aromatic N) is 2. The summed E-state index contributed by atoms with van der Waals surface area (Å²) in [5, 5.41) is 0. The average Bonchev–Trinajstić information content (AvgIpc) is 2.45. The van der Waals surface area contributed by atoms with Crippen LogP contribution in [0.25, 0.3) is 0 Å². The van der Waals surface area contributed by atoms with E-state index in [0.29, 0.717) is 11.5 Å². The van der Waals surface area contributed by atoms with Crippen LogP contribution in [-0.4, -0.2) is 41.5 Å². The maximum atomic E-state index is 11.9. The number of hydrogen-bond acceptors (Lipinski definition) is 4. The van der Waals surface area contributed by atoms with Gasteiger partial charge in [-0.15, -0.1) is 0 Å². The number of hydrogen-bond donors (Lipinski definition) is 0. The molecule has 1 unspecified atom stereocenters. The van der Waals surface area contributed by atoms with Crippen molar-refractivity contribution in [1.29, 1.82) is 0 Å². The summed E-state index contributed by atoms with van der Waals surface area (Å²) in [7, 11) is 0. The maximum Gasteiger partial charge on any atom is 0.338 e. The predicted molar refractivity (Wildman–Crippen MR) is 69.5 cm³/mol. The van der Waals surface area contributed by atoms with Crippen LogP contribution in [0, 0.1) is 5.92 Å². The molecule has 102 valence electrons. The van der Waals surface area contributed by atoms with E-state index in [1.54, 1.807) is 17.0 Å². The van der Waals surface area contributed by atoms with Gasteiger partial charge < -0.3 is 9.64 Å². The Morgan fingerprint density at radius 1 is 1.42 bits per heavy atom. The molecule has 1 fully saturated rings. The molecule has 0 saturated carbocycles. The van der Waals surface area contributed by atoms with E-state index in [1.807, 2.05) is 0 Å². The zero-order chi connectivity index (χ0) is 13.7. The van der Waals surface area contributed by atoms with Crippen LogP contribution < -0.4 is 0 Å². The van der Waals surface area contributed by atoms with Gasteiger partial charge in [0.05, 0.1) is 5.56 Å². The van der Waals surface area contributed by atoms with Gasteiger partial charge in [0.25, 0.3) is 5.91 Å². The van der Waals surface area contributed by atoms with E-state index in [0.717, 1.165) is 25.9 Å². The molecule has 0 N–H and O–H groups in total. The summed E-state index contributed by atoms with van der Waals surface area (Å²) in [5.41, 5.74) is 0.412. The standard InChI is InChI=1S/C14H18N2O3/c1-11-3-2-8-16(9-11)13(17)10-19-14(18)12-4-6-15-7-5-12/h4-7,11H,2-3,8-10H2,1H3. The van der Waals surface area contributed by atoms with E-state index in [9.17, 15) is 9.59 Å². The highest BCUT2D eigenvalue weighted by Gasteiger charge is 2.21. The molecule has 1 saturated heterocycles.